The molecule has 84 valence electrons. The summed E-state index contributed by atoms with van der Waals surface area (Å²) < 4.78 is 0. The Morgan fingerprint density at radius 3 is 1.64 bits per heavy atom. The molecule has 0 atom stereocenters. The zero-order valence-corrected chi connectivity index (χ0v) is 11.0. The van der Waals surface area contributed by atoms with Gasteiger partial charge in [-0.2, -0.15) is 0 Å². The van der Waals surface area contributed by atoms with Crippen molar-refractivity contribution in [3.05, 3.63) is 0 Å². The monoisotopic (exact) mass is 196 g/mol. The van der Waals surface area contributed by atoms with Crippen LogP contribution >= 0.6 is 0 Å². The topological polar surface area (TPSA) is 0 Å². The molecule has 1 saturated carbocycles. The van der Waals surface area contributed by atoms with Crippen molar-refractivity contribution in [1.29, 1.82) is 0 Å². The second kappa shape index (κ2) is 3.87. The molecule has 0 heteroatoms. The van der Waals surface area contributed by atoms with Gasteiger partial charge < -0.3 is 0 Å². The van der Waals surface area contributed by atoms with Gasteiger partial charge in [-0.1, -0.05) is 60.8 Å². The van der Waals surface area contributed by atoms with E-state index in [9.17, 15) is 0 Å². The van der Waals surface area contributed by atoms with Crippen molar-refractivity contribution in [3.8, 4) is 0 Å². The molecule has 0 N–H and O–H groups in total. The van der Waals surface area contributed by atoms with E-state index >= 15 is 0 Å². The highest BCUT2D eigenvalue weighted by atomic mass is 14.4. The Labute approximate surface area is 90.5 Å². The third kappa shape index (κ3) is 3.63. The Kier molecular flexibility index (Phi) is 3.33. The van der Waals surface area contributed by atoms with Gasteiger partial charge in [-0.05, 0) is 29.1 Å². The van der Waals surface area contributed by atoms with Crippen LogP contribution in [0.5, 0.6) is 0 Å². The van der Waals surface area contributed by atoms with Crippen LogP contribution in [0.3, 0.4) is 0 Å². The van der Waals surface area contributed by atoms with Gasteiger partial charge in [-0.3, -0.25) is 0 Å². The first-order valence-electron chi connectivity index (χ1n) is 6.21. The molecule has 0 spiro atoms. The smallest absolute Gasteiger partial charge is 0.0316 e. The molecule has 0 amide bonds. The molecule has 14 heavy (non-hydrogen) atoms. The summed E-state index contributed by atoms with van der Waals surface area (Å²) in [7, 11) is 0. The first-order chi connectivity index (χ1) is 6.21. The Balaban J connectivity index is 2.51. The minimum Gasteiger partial charge on any atom is -0.0599 e. The van der Waals surface area contributed by atoms with Crippen LogP contribution in [0.25, 0.3) is 0 Å². The molecule has 0 aromatic carbocycles. The van der Waals surface area contributed by atoms with Crippen LogP contribution in [0.2, 0.25) is 0 Å². The van der Waals surface area contributed by atoms with Crippen molar-refractivity contribution in [3.63, 3.8) is 0 Å². The summed E-state index contributed by atoms with van der Waals surface area (Å²) in [6.45, 7) is 14.4. The van der Waals surface area contributed by atoms with Crippen LogP contribution < -0.4 is 0 Å². The highest BCUT2D eigenvalue weighted by Gasteiger charge is 2.35. The first kappa shape index (κ1) is 12.1. The maximum atomic E-state index is 2.40. The normalized spacial score (nSPS) is 19.1. The van der Waals surface area contributed by atoms with Crippen molar-refractivity contribution >= 4 is 0 Å². The summed E-state index contributed by atoms with van der Waals surface area (Å²) in [5.41, 5.74) is 0.931. The fourth-order valence-electron chi connectivity index (χ4n) is 2.97. The van der Waals surface area contributed by atoms with Gasteiger partial charge in [0.15, 0.2) is 0 Å². The van der Waals surface area contributed by atoms with E-state index in [0.29, 0.717) is 10.8 Å². The average Bonchev–Trinajstić information content (AvgIpc) is 2.64. The van der Waals surface area contributed by atoms with E-state index in [1.165, 1.54) is 25.7 Å². The predicted molar refractivity (Wildman–Crippen MR) is 64.4 cm³/mol. The molecular weight excluding hydrogens is 168 g/mol. The molecular formula is C14H28. The van der Waals surface area contributed by atoms with E-state index in [2.05, 4.69) is 41.5 Å². The van der Waals surface area contributed by atoms with Crippen LogP contribution in [0.15, 0.2) is 0 Å². The largest absolute Gasteiger partial charge is 0.0599 e. The molecule has 0 saturated heterocycles. The quantitative estimate of drug-likeness (QED) is 0.603. The molecule has 1 aliphatic carbocycles. The lowest BCUT2D eigenvalue weighted by molar-refractivity contribution is 0.0891. The number of hydrogen-bond acceptors (Lipinski definition) is 0. The summed E-state index contributed by atoms with van der Waals surface area (Å²) in [5.74, 6) is 1.94. The van der Waals surface area contributed by atoms with Crippen LogP contribution in [0, 0.1) is 22.7 Å². The van der Waals surface area contributed by atoms with E-state index in [4.69, 9.17) is 0 Å². The molecule has 0 aromatic rings. The molecule has 0 unspecified atom stereocenters. The van der Waals surface area contributed by atoms with Gasteiger partial charge in [-0.25, -0.2) is 0 Å². The lowest BCUT2D eigenvalue weighted by Gasteiger charge is -2.41. The zero-order valence-electron chi connectivity index (χ0n) is 11.0. The maximum Gasteiger partial charge on any atom is -0.0316 e. The average molecular weight is 196 g/mol. The van der Waals surface area contributed by atoms with E-state index in [1.807, 2.05) is 0 Å². The molecule has 0 aromatic heterocycles. The fourth-order valence-corrected chi connectivity index (χ4v) is 2.97. The molecule has 0 radical (unpaired) electrons. The highest BCUT2D eigenvalue weighted by molar-refractivity contribution is 4.85. The lowest BCUT2D eigenvalue weighted by atomic mass is 9.64. The van der Waals surface area contributed by atoms with Gasteiger partial charge in [0.25, 0.3) is 0 Å². The molecule has 0 aliphatic heterocycles. The molecule has 0 nitrogen and oxygen atoms in total. The van der Waals surface area contributed by atoms with Crippen molar-refractivity contribution in [2.45, 2.75) is 67.2 Å². The summed E-state index contributed by atoms with van der Waals surface area (Å²) >= 11 is 0. The molecule has 1 fully saturated rings. The van der Waals surface area contributed by atoms with Crippen molar-refractivity contribution < 1.29 is 0 Å². The predicted octanol–water partition coefficient (Wildman–Crippen LogP) is 4.89. The Hall–Kier alpha value is 0. The Bertz CT molecular complexity index is 159. The van der Waals surface area contributed by atoms with Crippen LogP contribution in [-0.4, -0.2) is 0 Å². The van der Waals surface area contributed by atoms with Crippen LogP contribution in [0.4, 0.5) is 0 Å². The van der Waals surface area contributed by atoms with E-state index < -0.39 is 0 Å². The summed E-state index contributed by atoms with van der Waals surface area (Å²) in [4.78, 5) is 0. The minimum absolute atomic E-state index is 0.465. The van der Waals surface area contributed by atoms with Gasteiger partial charge in [-0.15, -0.1) is 0 Å². The molecule has 0 bridgehead atoms. The second-order valence-electron chi connectivity index (χ2n) is 7.31. The molecule has 1 rings (SSSR count). The van der Waals surface area contributed by atoms with Gasteiger partial charge >= 0.3 is 0 Å². The lowest BCUT2D eigenvalue weighted by Crippen LogP contribution is -2.32. The highest BCUT2D eigenvalue weighted by Crippen LogP contribution is 2.45. The summed E-state index contributed by atoms with van der Waals surface area (Å²) in [5, 5.41) is 0. The summed E-state index contributed by atoms with van der Waals surface area (Å²) in [6.07, 6.45) is 5.90. The van der Waals surface area contributed by atoms with Crippen molar-refractivity contribution in [2.24, 2.45) is 22.7 Å². The van der Waals surface area contributed by atoms with Gasteiger partial charge in [0, 0.05) is 0 Å². The summed E-state index contributed by atoms with van der Waals surface area (Å²) in [6, 6.07) is 0. The third-order valence-corrected chi connectivity index (χ3v) is 3.65. The second-order valence-corrected chi connectivity index (χ2v) is 7.31. The van der Waals surface area contributed by atoms with E-state index in [0.717, 1.165) is 11.8 Å². The van der Waals surface area contributed by atoms with Crippen LogP contribution in [0.1, 0.15) is 67.2 Å². The van der Waals surface area contributed by atoms with Crippen molar-refractivity contribution in [2.75, 3.05) is 0 Å². The molecule has 1 aliphatic rings. The first-order valence-corrected chi connectivity index (χ1v) is 6.21. The van der Waals surface area contributed by atoms with Gasteiger partial charge in [0.1, 0.15) is 0 Å². The van der Waals surface area contributed by atoms with Crippen molar-refractivity contribution in [1.82, 2.24) is 0 Å². The third-order valence-electron chi connectivity index (χ3n) is 3.65. The van der Waals surface area contributed by atoms with E-state index in [-0.39, 0.29) is 0 Å². The standard InChI is InChI=1S/C14H28/c1-13(2,3)12(14(4,5)6)10-9-11-7-8-11/h11-12H,7-10H2,1-6H3. The Morgan fingerprint density at radius 2 is 1.36 bits per heavy atom. The number of hydrogen-bond donors (Lipinski definition) is 0. The number of rotatable bonds is 3. The van der Waals surface area contributed by atoms with Gasteiger partial charge in [0.05, 0.1) is 0 Å². The SMILES string of the molecule is CC(C)(C)C(CCC1CC1)C(C)(C)C. The van der Waals surface area contributed by atoms with Gasteiger partial charge in [0.2, 0.25) is 0 Å². The van der Waals surface area contributed by atoms with E-state index in [1.54, 1.807) is 0 Å². The maximum absolute atomic E-state index is 2.40. The van der Waals surface area contributed by atoms with Crippen LogP contribution in [-0.2, 0) is 0 Å². The Morgan fingerprint density at radius 1 is 0.929 bits per heavy atom. The molecule has 0 heterocycles. The minimum atomic E-state index is 0.465. The zero-order chi connectivity index (χ0) is 11.0. The fraction of sp³-hybridized carbons (Fsp3) is 1.00.